The van der Waals surface area contributed by atoms with Crippen LogP contribution < -0.4 is 10.5 Å². The Morgan fingerprint density at radius 2 is 1.93 bits per heavy atom. The van der Waals surface area contributed by atoms with E-state index < -0.39 is 5.25 Å². The number of hydrogen-bond donors (Lipinski definition) is 0. The van der Waals surface area contributed by atoms with E-state index in [4.69, 9.17) is 10.2 Å². The zero-order valence-corrected chi connectivity index (χ0v) is 17.5. The van der Waals surface area contributed by atoms with Gasteiger partial charge in [-0.1, -0.05) is 42.1 Å². The van der Waals surface area contributed by atoms with Crippen molar-refractivity contribution in [1.82, 2.24) is 9.55 Å². The van der Waals surface area contributed by atoms with Crippen LogP contribution in [0.3, 0.4) is 0 Å². The van der Waals surface area contributed by atoms with E-state index in [1.807, 2.05) is 55.5 Å². The first kappa shape index (κ1) is 20.2. The third kappa shape index (κ3) is 4.10. The van der Waals surface area contributed by atoms with Crippen molar-refractivity contribution in [1.29, 1.82) is 5.26 Å². The molecular weight excluding hydrogens is 396 g/mol. The van der Waals surface area contributed by atoms with Crippen molar-refractivity contribution in [3.8, 4) is 6.07 Å². The van der Waals surface area contributed by atoms with E-state index in [1.54, 1.807) is 15.5 Å². The van der Waals surface area contributed by atoms with Gasteiger partial charge >= 0.3 is 0 Å². The molecule has 3 aromatic rings. The van der Waals surface area contributed by atoms with Gasteiger partial charge < -0.3 is 4.90 Å². The second-order valence-corrected chi connectivity index (χ2v) is 8.62. The smallest absolute Gasteiger partial charge is 0.262 e. The summed E-state index contributed by atoms with van der Waals surface area (Å²) in [5.74, 6) is -0.105. The maximum absolute atomic E-state index is 13.3. The van der Waals surface area contributed by atoms with Crippen LogP contribution in [-0.2, 0) is 4.79 Å². The predicted octanol–water partition coefficient (Wildman–Crippen LogP) is 4.16. The minimum atomic E-state index is -0.457. The van der Waals surface area contributed by atoms with Gasteiger partial charge in [-0.25, -0.2) is 4.98 Å². The summed E-state index contributed by atoms with van der Waals surface area (Å²) in [5.41, 5.74) is 1.36. The molecule has 1 aliphatic carbocycles. The van der Waals surface area contributed by atoms with Gasteiger partial charge in [0.25, 0.3) is 5.56 Å². The van der Waals surface area contributed by atoms with Gasteiger partial charge in [-0.2, -0.15) is 5.26 Å². The van der Waals surface area contributed by atoms with E-state index in [2.05, 4.69) is 6.07 Å². The quantitative estimate of drug-likeness (QED) is 0.425. The predicted molar refractivity (Wildman–Crippen MR) is 119 cm³/mol. The first-order chi connectivity index (χ1) is 14.6. The summed E-state index contributed by atoms with van der Waals surface area (Å²) in [7, 11) is 0. The average molecular weight is 419 g/mol. The van der Waals surface area contributed by atoms with E-state index in [0.717, 1.165) is 18.5 Å². The number of thioether (sulfide) groups is 1. The fourth-order valence-electron chi connectivity index (χ4n) is 3.43. The summed E-state index contributed by atoms with van der Waals surface area (Å²) in [6.07, 6.45) is 2.15. The summed E-state index contributed by atoms with van der Waals surface area (Å²) < 4.78 is 1.75. The second kappa shape index (κ2) is 8.72. The lowest BCUT2D eigenvalue weighted by atomic mass is 10.2. The van der Waals surface area contributed by atoms with Gasteiger partial charge in [0.2, 0.25) is 5.91 Å². The lowest BCUT2D eigenvalue weighted by Crippen LogP contribution is -2.37. The van der Waals surface area contributed by atoms with Crippen molar-refractivity contribution >= 4 is 34.3 Å². The van der Waals surface area contributed by atoms with E-state index in [-0.39, 0.29) is 23.9 Å². The first-order valence-electron chi connectivity index (χ1n) is 10.0. The molecule has 152 valence electrons. The standard InChI is InChI=1S/C23H22N4O2S/c1-16(21(28)26(15-7-14-24)17-8-3-2-4-9-17)30-23-25-20-11-6-5-10-19(20)22(29)27(23)18-12-13-18/h2-6,8-11,16,18H,7,12-13,15H2,1H3/t16-/m0/s1. The maximum Gasteiger partial charge on any atom is 0.262 e. The number of nitriles is 1. The molecule has 0 aliphatic heterocycles. The summed E-state index contributed by atoms with van der Waals surface area (Å²) >= 11 is 1.31. The fraction of sp³-hybridized carbons (Fsp3) is 0.304. The van der Waals surface area contributed by atoms with Crippen molar-refractivity contribution in [2.75, 3.05) is 11.4 Å². The molecule has 0 radical (unpaired) electrons. The van der Waals surface area contributed by atoms with Gasteiger partial charge in [-0.15, -0.1) is 0 Å². The third-order valence-corrected chi connectivity index (χ3v) is 6.15. The molecule has 0 N–H and O–H groups in total. The first-order valence-corrected chi connectivity index (χ1v) is 10.9. The highest BCUT2D eigenvalue weighted by Crippen LogP contribution is 2.38. The van der Waals surface area contributed by atoms with E-state index >= 15 is 0 Å². The Hall–Kier alpha value is -3.11. The normalized spacial score (nSPS) is 14.3. The van der Waals surface area contributed by atoms with Crippen LogP contribution in [0.15, 0.2) is 64.5 Å². The van der Waals surface area contributed by atoms with E-state index in [0.29, 0.717) is 22.6 Å². The Morgan fingerprint density at radius 3 is 2.63 bits per heavy atom. The van der Waals surface area contributed by atoms with E-state index in [1.165, 1.54) is 11.8 Å². The number of hydrogen-bond acceptors (Lipinski definition) is 5. The van der Waals surface area contributed by atoms with Crippen LogP contribution in [-0.4, -0.2) is 27.3 Å². The number of para-hydroxylation sites is 2. The minimum Gasteiger partial charge on any atom is -0.310 e. The minimum absolute atomic E-state index is 0.0466. The fourth-order valence-corrected chi connectivity index (χ4v) is 4.47. The number of fused-ring (bicyclic) bond motifs is 1. The molecular formula is C23H22N4O2S. The molecule has 4 rings (SSSR count). The molecule has 1 amide bonds. The molecule has 6 nitrogen and oxygen atoms in total. The number of carbonyl (C=O) groups is 1. The highest BCUT2D eigenvalue weighted by Gasteiger charge is 2.31. The van der Waals surface area contributed by atoms with Crippen LogP contribution in [0.5, 0.6) is 0 Å². The second-order valence-electron chi connectivity index (χ2n) is 7.31. The van der Waals surface area contributed by atoms with Gasteiger partial charge in [0.1, 0.15) is 0 Å². The molecule has 1 aromatic heterocycles. The lowest BCUT2D eigenvalue weighted by Gasteiger charge is -2.25. The SMILES string of the molecule is C[C@H](Sc1nc2ccccc2c(=O)n1C1CC1)C(=O)N(CCC#N)c1ccccc1. The largest absolute Gasteiger partial charge is 0.310 e. The molecule has 0 spiro atoms. The number of anilines is 1. The van der Waals surface area contributed by atoms with Crippen LogP contribution in [0, 0.1) is 11.3 Å². The highest BCUT2D eigenvalue weighted by atomic mass is 32.2. The Bertz CT molecular complexity index is 1170. The molecule has 1 fully saturated rings. The number of aromatic nitrogens is 2. The Balaban J connectivity index is 1.65. The number of rotatable bonds is 7. The number of amides is 1. The summed E-state index contributed by atoms with van der Waals surface area (Å²) in [6.45, 7) is 2.15. The Kier molecular flexibility index (Phi) is 5.86. The van der Waals surface area contributed by atoms with Gasteiger partial charge in [0.15, 0.2) is 5.16 Å². The van der Waals surface area contributed by atoms with Gasteiger partial charge in [-0.3, -0.25) is 14.2 Å². The van der Waals surface area contributed by atoms with Crippen molar-refractivity contribution in [2.24, 2.45) is 0 Å². The molecule has 1 aliphatic rings. The Morgan fingerprint density at radius 1 is 1.23 bits per heavy atom. The van der Waals surface area contributed by atoms with Crippen LogP contribution in [0.25, 0.3) is 10.9 Å². The third-order valence-electron chi connectivity index (χ3n) is 5.10. The number of nitrogens with zero attached hydrogens (tertiary/aromatic N) is 4. The molecule has 0 bridgehead atoms. The molecule has 7 heteroatoms. The lowest BCUT2D eigenvalue weighted by molar-refractivity contribution is -0.117. The monoisotopic (exact) mass is 418 g/mol. The van der Waals surface area contributed by atoms with Gasteiger partial charge in [0.05, 0.1) is 28.6 Å². The molecule has 2 aromatic carbocycles. The number of carbonyl (C=O) groups excluding carboxylic acids is 1. The molecule has 30 heavy (non-hydrogen) atoms. The molecule has 1 saturated carbocycles. The summed E-state index contributed by atoms with van der Waals surface area (Å²) in [6, 6.07) is 19.0. The molecule has 0 unspecified atom stereocenters. The van der Waals surface area contributed by atoms with Gasteiger partial charge in [-0.05, 0) is 44.0 Å². The maximum atomic E-state index is 13.3. The van der Waals surface area contributed by atoms with Gasteiger partial charge in [0, 0.05) is 18.3 Å². The highest BCUT2D eigenvalue weighted by molar-refractivity contribution is 8.00. The van der Waals surface area contributed by atoms with Crippen LogP contribution >= 0.6 is 11.8 Å². The number of benzene rings is 2. The molecule has 1 atom stereocenters. The summed E-state index contributed by atoms with van der Waals surface area (Å²) in [4.78, 5) is 32.7. The van der Waals surface area contributed by atoms with Crippen molar-refractivity contribution < 1.29 is 4.79 Å². The van der Waals surface area contributed by atoms with E-state index in [9.17, 15) is 9.59 Å². The van der Waals surface area contributed by atoms with Crippen LogP contribution in [0.4, 0.5) is 5.69 Å². The van der Waals surface area contributed by atoms with Crippen LogP contribution in [0.2, 0.25) is 0 Å². The Labute approximate surface area is 179 Å². The van der Waals surface area contributed by atoms with Crippen molar-refractivity contribution in [3.63, 3.8) is 0 Å². The average Bonchev–Trinajstić information content (AvgIpc) is 3.60. The topological polar surface area (TPSA) is 79.0 Å². The zero-order valence-electron chi connectivity index (χ0n) is 16.7. The summed E-state index contributed by atoms with van der Waals surface area (Å²) in [5, 5.41) is 9.74. The molecule has 0 saturated heterocycles. The van der Waals surface area contributed by atoms with Crippen LogP contribution in [0.1, 0.15) is 32.2 Å². The molecule has 1 heterocycles. The van der Waals surface area contributed by atoms with Crippen molar-refractivity contribution in [3.05, 3.63) is 65.0 Å². The zero-order chi connectivity index (χ0) is 21.1. The van der Waals surface area contributed by atoms with Crippen molar-refractivity contribution in [2.45, 2.75) is 42.6 Å².